The van der Waals surface area contributed by atoms with Gasteiger partial charge in [0.25, 0.3) is 0 Å². The molecule has 0 radical (unpaired) electrons. The summed E-state index contributed by atoms with van der Waals surface area (Å²) in [6, 6.07) is 7.02. The number of hydrogen-bond acceptors (Lipinski definition) is 3. The van der Waals surface area contributed by atoms with E-state index in [0.717, 1.165) is 5.56 Å². The number of rotatable bonds is 2. The number of hydrogen-bond donors (Lipinski definition) is 2. The van der Waals surface area contributed by atoms with Crippen molar-refractivity contribution in [3.05, 3.63) is 29.8 Å². The molecule has 0 bridgehead atoms. The number of ether oxygens (including phenoxy) is 1. The van der Waals surface area contributed by atoms with Crippen LogP contribution in [0.3, 0.4) is 0 Å². The van der Waals surface area contributed by atoms with Crippen LogP contribution < -0.4 is 5.73 Å². The molecule has 1 aliphatic rings. The predicted molar refractivity (Wildman–Crippen MR) is 55.6 cm³/mol. The molecule has 4 nitrogen and oxygen atoms in total. The monoisotopic (exact) mass is 207 g/mol. The molecule has 0 aliphatic carbocycles. The lowest BCUT2D eigenvalue weighted by atomic mass is 9.80. The summed E-state index contributed by atoms with van der Waals surface area (Å²) >= 11 is 0. The third-order valence-corrected chi connectivity index (χ3v) is 2.87. The Morgan fingerprint density at radius 1 is 1.53 bits per heavy atom. The van der Waals surface area contributed by atoms with Gasteiger partial charge in [-0.3, -0.25) is 4.79 Å². The van der Waals surface area contributed by atoms with Gasteiger partial charge in [0.15, 0.2) is 0 Å². The third kappa shape index (κ3) is 1.57. The summed E-state index contributed by atoms with van der Waals surface area (Å²) in [6.45, 7) is 0.715. The number of nitrogen functional groups attached to an aromatic ring is 1. The van der Waals surface area contributed by atoms with Crippen molar-refractivity contribution < 1.29 is 14.6 Å². The number of benzene rings is 1. The zero-order valence-electron chi connectivity index (χ0n) is 8.27. The van der Waals surface area contributed by atoms with Crippen LogP contribution >= 0.6 is 0 Å². The van der Waals surface area contributed by atoms with Crippen molar-refractivity contribution in [1.29, 1.82) is 0 Å². The molecule has 0 spiro atoms. The molecule has 0 aromatic heterocycles. The van der Waals surface area contributed by atoms with Crippen LogP contribution in [-0.4, -0.2) is 24.3 Å². The molecule has 4 heteroatoms. The Morgan fingerprint density at radius 2 is 2.33 bits per heavy atom. The maximum Gasteiger partial charge on any atom is 0.316 e. The predicted octanol–water partition coefficient (Wildman–Crippen LogP) is 1.01. The van der Waals surface area contributed by atoms with Gasteiger partial charge in [-0.25, -0.2) is 0 Å². The Bertz CT molecular complexity index is 383. The molecule has 3 N–H and O–H groups in total. The SMILES string of the molecule is Nc1cccc(C2(C(=O)O)CCOC2)c1. The quantitative estimate of drug-likeness (QED) is 0.710. The van der Waals surface area contributed by atoms with E-state index in [4.69, 9.17) is 10.5 Å². The lowest BCUT2D eigenvalue weighted by molar-refractivity contribution is -0.143. The van der Waals surface area contributed by atoms with Crippen molar-refractivity contribution in [3.63, 3.8) is 0 Å². The Labute approximate surface area is 87.7 Å². The molecule has 1 atom stereocenters. The number of carboxylic acid groups (broad SMARTS) is 1. The largest absolute Gasteiger partial charge is 0.481 e. The minimum absolute atomic E-state index is 0.228. The molecule has 2 rings (SSSR count). The summed E-state index contributed by atoms with van der Waals surface area (Å²) in [5, 5.41) is 9.29. The molecule has 15 heavy (non-hydrogen) atoms. The summed E-state index contributed by atoms with van der Waals surface area (Å²) in [5.41, 5.74) is 6.06. The highest BCUT2D eigenvalue weighted by atomic mass is 16.5. The first-order valence-corrected chi connectivity index (χ1v) is 4.82. The maximum atomic E-state index is 11.3. The molecule has 1 unspecified atom stereocenters. The third-order valence-electron chi connectivity index (χ3n) is 2.87. The van der Waals surface area contributed by atoms with Crippen molar-refractivity contribution in [3.8, 4) is 0 Å². The molecule has 0 amide bonds. The van der Waals surface area contributed by atoms with Gasteiger partial charge in [0.05, 0.1) is 6.61 Å². The van der Waals surface area contributed by atoms with Gasteiger partial charge in [-0.15, -0.1) is 0 Å². The topological polar surface area (TPSA) is 72.6 Å². The first-order valence-electron chi connectivity index (χ1n) is 4.82. The van der Waals surface area contributed by atoms with E-state index in [1.807, 2.05) is 0 Å². The van der Waals surface area contributed by atoms with Crippen molar-refractivity contribution in [1.82, 2.24) is 0 Å². The highest BCUT2D eigenvalue weighted by Gasteiger charge is 2.44. The van der Waals surface area contributed by atoms with Gasteiger partial charge in [0.1, 0.15) is 5.41 Å². The van der Waals surface area contributed by atoms with Gasteiger partial charge >= 0.3 is 5.97 Å². The Morgan fingerprint density at radius 3 is 2.87 bits per heavy atom. The normalized spacial score (nSPS) is 25.3. The minimum Gasteiger partial charge on any atom is -0.481 e. The van der Waals surface area contributed by atoms with Gasteiger partial charge in [-0.1, -0.05) is 12.1 Å². The molecule has 1 aliphatic heterocycles. The lowest BCUT2D eigenvalue weighted by Crippen LogP contribution is -2.36. The Kier molecular flexibility index (Phi) is 2.36. The van der Waals surface area contributed by atoms with E-state index in [9.17, 15) is 9.90 Å². The standard InChI is InChI=1S/C11H13NO3/c12-9-3-1-2-8(6-9)11(10(13)14)4-5-15-7-11/h1-3,6H,4-5,7,12H2,(H,13,14). The van der Waals surface area contributed by atoms with Crippen LogP contribution in [0, 0.1) is 0 Å². The van der Waals surface area contributed by atoms with Crippen molar-refractivity contribution in [2.24, 2.45) is 0 Å². The smallest absolute Gasteiger partial charge is 0.316 e. The second-order valence-corrected chi connectivity index (χ2v) is 3.82. The Hall–Kier alpha value is -1.55. The fourth-order valence-electron chi connectivity index (χ4n) is 1.92. The van der Waals surface area contributed by atoms with Gasteiger partial charge < -0.3 is 15.6 Å². The van der Waals surface area contributed by atoms with E-state index in [-0.39, 0.29) is 6.61 Å². The average Bonchev–Trinajstić information content (AvgIpc) is 2.67. The van der Waals surface area contributed by atoms with Crippen LogP contribution in [0.2, 0.25) is 0 Å². The number of nitrogens with two attached hydrogens (primary N) is 1. The van der Waals surface area contributed by atoms with Crippen LogP contribution in [0.15, 0.2) is 24.3 Å². The summed E-state index contributed by atoms with van der Waals surface area (Å²) in [6.07, 6.45) is 0.506. The molecule has 1 fully saturated rings. The van der Waals surface area contributed by atoms with Crippen LogP contribution in [0.1, 0.15) is 12.0 Å². The highest BCUT2D eigenvalue weighted by Crippen LogP contribution is 2.34. The summed E-state index contributed by atoms with van der Waals surface area (Å²) in [5.74, 6) is -0.842. The fraction of sp³-hybridized carbons (Fsp3) is 0.364. The van der Waals surface area contributed by atoms with E-state index in [0.29, 0.717) is 18.7 Å². The summed E-state index contributed by atoms with van der Waals surface area (Å²) in [4.78, 5) is 11.3. The fourth-order valence-corrected chi connectivity index (χ4v) is 1.92. The molecule has 80 valence electrons. The zero-order valence-corrected chi connectivity index (χ0v) is 8.27. The van der Waals surface area contributed by atoms with Crippen LogP contribution in [-0.2, 0) is 14.9 Å². The Balaban J connectivity index is 2.45. The molecule has 1 saturated heterocycles. The first kappa shape index (κ1) is 9.98. The van der Waals surface area contributed by atoms with E-state index in [1.165, 1.54) is 0 Å². The van der Waals surface area contributed by atoms with E-state index in [1.54, 1.807) is 24.3 Å². The zero-order chi connectivity index (χ0) is 10.9. The average molecular weight is 207 g/mol. The van der Waals surface area contributed by atoms with Crippen molar-refractivity contribution in [2.75, 3.05) is 18.9 Å². The molecule has 1 aromatic rings. The van der Waals surface area contributed by atoms with Crippen molar-refractivity contribution in [2.45, 2.75) is 11.8 Å². The highest BCUT2D eigenvalue weighted by molar-refractivity contribution is 5.82. The van der Waals surface area contributed by atoms with E-state index >= 15 is 0 Å². The molecular weight excluding hydrogens is 194 g/mol. The van der Waals surface area contributed by atoms with Crippen LogP contribution in [0.25, 0.3) is 0 Å². The van der Waals surface area contributed by atoms with E-state index in [2.05, 4.69) is 0 Å². The van der Waals surface area contributed by atoms with Gasteiger partial charge in [-0.05, 0) is 24.1 Å². The van der Waals surface area contributed by atoms with E-state index < -0.39 is 11.4 Å². The lowest BCUT2D eigenvalue weighted by Gasteiger charge is -2.22. The van der Waals surface area contributed by atoms with Crippen LogP contribution in [0.5, 0.6) is 0 Å². The molecular formula is C11H13NO3. The molecule has 1 heterocycles. The van der Waals surface area contributed by atoms with Gasteiger partial charge in [0.2, 0.25) is 0 Å². The van der Waals surface area contributed by atoms with Crippen molar-refractivity contribution >= 4 is 11.7 Å². The minimum atomic E-state index is -0.907. The second kappa shape index (κ2) is 3.55. The number of anilines is 1. The maximum absolute atomic E-state index is 11.3. The first-order chi connectivity index (χ1) is 7.15. The second-order valence-electron chi connectivity index (χ2n) is 3.82. The van der Waals surface area contributed by atoms with Crippen LogP contribution in [0.4, 0.5) is 5.69 Å². The summed E-state index contributed by atoms with van der Waals surface area (Å²) in [7, 11) is 0. The number of carboxylic acids is 1. The molecule has 1 aromatic carbocycles. The summed E-state index contributed by atoms with van der Waals surface area (Å²) < 4.78 is 5.19. The number of carbonyl (C=O) groups is 1. The van der Waals surface area contributed by atoms with Gasteiger partial charge in [0, 0.05) is 12.3 Å². The van der Waals surface area contributed by atoms with Gasteiger partial charge in [-0.2, -0.15) is 0 Å². The number of aliphatic carboxylic acids is 1. The molecule has 0 saturated carbocycles.